The molecule has 1 fully saturated rings. The van der Waals surface area contributed by atoms with Gasteiger partial charge < -0.3 is 9.30 Å². The lowest BCUT2D eigenvalue weighted by molar-refractivity contribution is -0.116. The van der Waals surface area contributed by atoms with Crippen LogP contribution < -0.4 is 0 Å². The molecule has 0 bridgehead atoms. The fraction of sp³-hybridized carbons (Fsp3) is 0.500. The SMILES string of the molecule is Cn1cnnc1CN1CCO[C@@]2(CCc3ccccc32)C1. The summed E-state index contributed by atoms with van der Waals surface area (Å²) in [6.07, 6.45) is 3.96. The highest BCUT2D eigenvalue weighted by atomic mass is 16.5. The second-order valence-corrected chi connectivity index (χ2v) is 6.07. The molecule has 1 aliphatic carbocycles. The molecule has 0 N–H and O–H groups in total. The zero-order chi connectivity index (χ0) is 14.3. The third-order valence-electron chi connectivity index (χ3n) is 4.74. The third-order valence-corrected chi connectivity index (χ3v) is 4.74. The van der Waals surface area contributed by atoms with E-state index in [-0.39, 0.29) is 5.60 Å². The van der Waals surface area contributed by atoms with E-state index in [2.05, 4.69) is 39.4 Å². The van der Waals surface area contributed by atoms with E-state index in [0.29, 0.717) is 0 Å². The molecule has 1 aliphatic heterocycles. The number of benzene rings is 1. The minimum atomic E-state index is -0.118. The summed E-state index contributed by atoms with van der Waals surface area (Å²) in [5, 5.41) is 8.17. The molecule has 1 aromatic heterocycles. The number of nitrogens with zero attached hydrogens (tertiary/aromatic N) is 4. The molecule has 0 unspecified atom stereocenters. The maximum absolute atomic E-state index is 6.25. The molecule has 1 saturated heterocycles. The maximum Gasteiger partial charge on any atom is 0.146 e. The zero-order valence-corrected chi connectivity index (χ0v) is 12.3. The maximum atomic E-state index is 6.25. The average Bonchev–Trinajstić information content (AvgIpc) is 3.06. The molecule has 1 atom stereocenters. The molecular formula is C16H20N4O. The predicted molar refractivity (Wildman–Crippen MR) is 78.7 cm³/mol. The molecule has 0 amide bonds. The van der Waals surface area contributed by atoms with Crippen molar-refractivity contribution < 1.29 is 4.74 Å². The summed E-state index contributed by atoms with van der Waals surface area (Å²) in [5.41, 5.74) is 2.71. The second kappa shape index (κ2) is 4.93. The van der Waals surface area contributed by atoms with Crippen molar-refractivity contribution in [3.05, 3.63) is 47.5 Å². The van der Waals surface area contributed by atoms with Crippen molar-refractivity contribution >= 4 is 0 Å². The Morgan fingerprint density at radius 1 is 1.33 bits per heavy atom. The van der Waals surface area contributed by atoms with Crippen LogP contribution in [0.5, 0.6) is 0 Å². The van der Waals surface area contributed by atoms with Crippen molar-refractivity contribution in [2.75, 3.05) is 19.7 Å². The van der Waals surface area contributed by atoms with E-state index >= 15 is 0 Å². The zero-order valence-electron chi connectivity index (χ0n) is 12.3. The van der Waals surface area contributed by atoms with E-state index in [1.165, 1.54) is 11.1 Å². The summed E-state index contributed by atoms with van der Waals surface area (Å²) in [4.78, 5) is 2.44. The Bertz CT molecular complexity index is 649. The quantitative estimate of drug-likeness (QED) is 0.838. The van der Waals surface area contributed by atoms with E-state index in [0.717, 1.165) is 44.9 Å². The number of hydrogen-bond donors (Lipinski definition) is 0. The highest BCUT2D eigenvalue weighted by Crippen LogP contribution is 2.42. The molecule has 4 rings (SSSR count). The van der Waals surface area contributed by atoms with Crippen LogP contribution in [0.25, 0.3) is 0 Å². The van der Waals surface area contributed by atoms with E-state index in [4.69, 9.17) is 4.74 Å². The Hall–Kier alpha value is -1.72. The van der Waals surface area contributed by atoms with Gasteiger partial charge in [-0.05, 0) is 24.0 Å². The number of aromatic nitrogens is 3. The number of fused-ring (bicyclic) bond motifs is 2. The number of morpholine rings is 1. The number of aryl methyl sites for hydroxylation is 2. The molecule has 2 aromatic rings. The topological polar surface area (TPSA) is 43.2 Å². The van der Waals surface area contributed by atoms with Gasteiger partial charge in [0.15, 0.2) is 0 Å². The van der Waals surface area contributed by atoms with Gasteiger partial charge in [0.1, 0.15) is 17.8 Å². The monoisotopic (exact) mass is 284 g/mol. The Morgan fingerprint density at radius 2 is 2.24 bits per heavy atom. The van der Waals surface area contributed by atoms with Gasteiger partial charge in [-0.15, -0.1) is 10.2 Å². The largest absolute Gasteiger partial charge is 0.368 e. The first-order valence-electron chi connectivity index (χ1n) is 7.54. The van der Waals surface area contributed by atoms with E-state index in [9.17, 15) is 0 Å². The van der Waals surface area contributed by atoms with Crippen molar-refractivity contribution in [3.63, 3.8) is 0 Å². The highest BCUT2D eigenvalue weighted by molar-refractivity contribution is 5.38. The van der Waals surface area contributed by atoms with Crippen LogP contribution in [0.1, 0.15) is 23.4 Å². The summed E-state index contributed by atoms with van der Waals surface area (Å²) < 4.78 is 8.24. The van der Waals surface area contributed by atoms with Gasteiger partial charge in [-0.25, -0.2) is 0 Å². The Balaban J connectivity index is 1.58. The molecule has 0 saturated carbocycles. The molecule has 2 heterocycles. The van der Waals surface area contributed by atoms with Crippen LogP contribution in [0.15, 0.2) is 30.6 Å². The van der Waals surface area contributed by atoms with E-state index in [1.807, 2.05) is 11.6 Å². The molecule has 1 spiro atoms. The van der Waals surface area contributed by atoms with Crippen LogP contribution in [-0.4, -0.2) is 39.4 Å². The second-order valence-electron chi connectivity index (χ2n) is 6.07. The molecule has 0 radical (unpaired) electrons. The summed E-state index contributed by atoms with van der Waals surface area (Å²) in [6, 6.07) is 8.71. The minimum Gasteiger partial charge on any atom is -0.368 e. The summed E-state index contributed by atoms with van der Waals surface area (Å²) in [6.45, 7) is 3.52. The smallest absolute Gasteiger partial charge is 0.146 e. The van der Waals surface area contributed by atoms with Crippen LogP contribution in [0, 0.1) is 0 Å². The summed E-state index contributed by atoms with van der Waals surface area (Å²) in [7, 11) is 2.00. The van der Waals surface area contributed by atoms with Gasteiger partial charge in [0.05, 0.1) is 13.2 Å². The normalized spacial score (nSPS) is 25.4. The first kappa shape index (κ1) is 13.0. The lowest BCUT2D eigenvalue weighted by Crippen LogP contribution is -2.48. The summed E-state index contributed by atoms with van der Waals surface area (Å²) in [5.74, 6) is 1.01. The van der Waals surface area contributed by atoms with Gasteiger partial charge in [0, 0.05) is 20.1 Å². The van der Waals surface area contributed by atoms with Gasteiger partial charge >= 0.3 is 0 Å². The van der Waals surface area contributed by atoms with Crippen LogP contribution in [-0.2, 0) is 30.4 Å². The van der Waals surface area contributed by atoms with Gasteiger partial charge in [-0.2, -0.15) is 0 Å². The van der Waals surface area contributed by atoms with Crippen LogP contribution in [0.4, 0.5) is 0 Å². The Morgan fingerprint density at radius 3 is 3.10 bits per heavy atom. The molecule has 5 heteroatoms. The molecule has 110 valence electrons. The van der Waals surface area contributed by atoms with Crippen molar-refractivity contribution in [1.82, 2.24) is 19.7 Å². The number of hydrogen-bond acceptors (Lipinski definition) is 4. The van der Waals surface area contributed by atoms with Crippen molar-refractivity contribution in [2.45, 2.75) is 25.0 Å². The van der Waals surface area contributed by atoms with Gasteiger partial charge in [-0.3, -0.25) is 4.90 Å². The Kier molecular flexibility index (Phi) is 3.05. The Labute approximate surface area is 124 Å². The molecular weight excluding hydrogens is 264 g/mol. The molecule has 1 aromatic carbocycles. The summed E-state index contributed by atoms with van der Waals surface area (Å²) >= 11 is 0. The standard InChI is InChI=1S/C16H20N4O/c1-19-12-17-18-15(19)10-20-8-9-21-16(11-20)7-6-13-4-2-3-5-14(13)16/h2-5,12H,6-11H2,1H3/t16-/m0/s1. The highest BCUT2D eigenvalue weighted by Gasteiger charge is 2.43. The number of rotatable bonds is 2. The van der Waals surface area contributed by atoms with Crippen LogP contribution >= 0.6 is 0 Å². The number of ether oxygens (including phenoxy) is 1. The molecule has 2 aliphatic rings. The van der Waals surface area contributed by atoms with Gasteiger partial charge in [0.25, 0.3) is 0 Å². The van der Waals surface area contributed by atoms with Crippen LogP contribution in [0.3, 0.4) is 0 Å². The fourth-order valence-electron chi connectivity index (χ4n) is 3.61. The average molecular weight is 284 g/mol. The predicted octanol–water partition coefficient (Wildman–Crippen LogP) is 1.49. The van der Waals surface area contributed by atoms with E-state index in [1.54, 1.807) is 6.33 Å². The van der Waals surface area contributed by atoms with Crippen molar-refractivity contribution in [2.24, 2.45) is 7.05 Å². The first-order valence-corrected chi connectivity index (χ1v) is 7.54. The fourth-order valence-corrected chi connectivity index (χ4v) is 3.61. The minimum absolute atomic E-state index is 0.118. The molecule has 5 nitrogen and oxygen atoms in total. The van der Waals surface area contributed by atoms with E-state index < -0.39 is 0 Å². The van der Waals surface area contributed by atoms with Gasteiger partial charge in [-0.1, -0.05) is 24.3 Å². The lowest BCUT2D eigenvalue weighted by atomic mass is 9.93. The molecule has 21 heavy (non-hydrogen) atoms. The third kappa shape index (κ3) is 2.17. The van der Waals surface area contributed by atoms with Crippen LogP contribution in [0.2, 0.25) is 0 Å². The van der Waals surface area contributed by atoms with Gasteiger partial charge in [0.2, 0.25) is 0 Å². The van der Waals surface area contributed by atoms with Crippen molar-refractivity contribution in [3.8, 4) is 0 Å². The lowest BCUT2D eigenvalue weighted by Gasteiger charge is -2.41. The first-order chi connectivity index (χ1) is 10.3. The van der Waals surface area contributed by atoms with Crippen molar-refractivity contribution in [1.29, 1.82) is 0 Å².